The molecule has 1 aromatic heterocycles. The first kappa shape index (κ1) is 9.90. The molecule has 78 valence electrons. The fourth-order valence-corrected chi connectivity index (χ4v) is 1.59. The summed E-state index contributed by atoms with van der Waals surface area (Å²) in [5, 5.41) is 7.89. The fourth-order valence-electron chi connectivity index (χ4n) is 1.59. The van der Waals surface area contributed by atoms with Gasteiger partial charge in [-0.1, -0.05) is 26.0 Å². The van der Waals surface area contributed by atoms with Gasteiger partial charge in [-0.2, -0.15) is 5.10 Å². The van der Waals surface area contributed by atoms with Gasteiger partial charge in [0.15, 0.2) is 5.78 Å². The predicted molar refractivity (Wildman–Crippen MR) is 60.0 cm³/mol. The summed E-state index contributed by atoms with van der Waals surface area (Å²) < 4.78 is 0. The molecule has 2 rings (SSSR count). The maximum atomic E-state index is 11.8. The van der Waals surface area contributed by atoms with E-state index in [1.165, 1.54) is 0 Å². The van der Waals surface area contributed by atoms with E-state index in [0.29, 0.717) is 5.69 Å². The second kappa shape index (κ2) is 3.50. The third-order valence-electron chi connectivity index (χ3n) is 2.48. The molecular weight excluding hydrogens is 188 g/mol. The second-order valence-electron chi connectivity index (χ2n) is 4.14. The lowest BCUT2D eigenvalue weighted by molar-refractivity contribution is 0.0936. The highest BCUT2D eigenvalue weighted by Crippen LogP contribution is 2.19. The van der Waals surface area contributed by atoms with Crippen LogP contribution < -0.4 is 0 Å². The van der Waals surface area contributed by atoms with Crippen molar-refractivity contribution in [2.24, 2.45) is 5.92 Å². The number of aromatic amines is 1. The molecule has 3 nitrogen and oxygen atoms in total. The molecule has 0 unspecified atom stereocenters. The van der Waals surface area contributed by atoms with Crippen molar-refractivity contribution in [3.05, 3.63) is 29.5 Å². The van der Waals surface area contributed by atoms with Crippen molar-refractivity contribution < 1.29 is 4.79 Å². The molecule has 3 heteroatoms. The molecule has 0 amide bonds. The molecule has 0 bridgehead atoms. The van der Waals surface area contributed by atoms with Crippen LogP contribution in [0.3, 0.4) is 0 Å². The number of aryl methyl sites for hydroxylation is 1. The number of carbonyl (C=O) groups excluding carboxylic acids is 1. The van der Waals surface area contributed by atoms with Gasteiger partial charge < -0.3 is 0 Å². The standard InChI is InChI=1S/C12H14N2O/c1-7(2)12(15)11-9-5-4-8(3)6-10(9)13-14-11/h4-7H,1-3H3,(H,13,14). The molecule has 0 aliphatic carbocycles. The van der Waals surface area contributed by atoms with Gasteiger partial charge in [-0.3, -0.25) is 9.89 Å². The summed E-state index contributed by atoms with van der Waals surface area (Å²) in [6.45, 7) is 5.79. The number of carbonyl (C=O) groups is 1. The third-order valence-corrected chi connectivity index (χ3v) is 2.48. The Morgan fingerprint density at radius 3 is 2.80 bits per heavy atom. The number of Topliss-reactive ketones (excluding diaryl/α,β-unsaturated/α-hetero) is 1. The first-order chi connectivity index (χ1) is 7.09. The minimum absolute atomic E-state index is 0.0159. The molecule has 0 spiro atoms. The summed E-state index contributed by atoms with van der Waals surface area (Å²) in [5.74, 6) is 0.0721. The summed E-state index contributed by atoms with van der Waals surface area (Å²) in [4.78, 5) is 11.8. The molecule has 0 aliphatic heterocycles. The van der Waals surface area contributed by atoms with Crippen molar-refractivity contribution in [3.8, 4) is 0 Å². The summed E-state index contributed by atoms with van der Waals surface area (Å²) in [6.07, 6.45) is 0. The van der Waals surface area contributed by atoms with Crippen molar-refractivity contribution in [3.63, 3.8) is 0 Å². The van der Waals surface area contributed by atoms with Crippen molar-refractivity contribution in [1.82, 2.24) is 10.2 Å². The molecule has 0 radical (unpaired) electrons. The number of rotatable bonds is 2. The quantitative estimate of drug-likeness (QED) is 0.761. The lowest BCUT2D eigenvalue weighted by Crippen LogP contribution is -2.08. The second-order valence-corrected chi connectivity index (χ2v) is 4.14. The Kier molecular flexibility index (Phi) is 2.31. The smallest absolute Gasteiger partial charge is 0.186 e. The molecule has 1 N–H and O–H groups in total. The normalized spacial score (nSPS) is 11.2. The molecule has 2 aromatic rings. The Bertz CT molecular complexity index is 511. The van der Waals surface area contributed by atoms with Gasteiger partial charge in [0.25, 0.3) is 0 Å². The van der Waals surface area contributed by atoms with Gasteiger partial charge >= 0.3 is 0 Å². The zero-order valence-electron chi connectivity index (χ0n) is 9.16. The molecule has 0 aliphatic rings. The fraction of sp³-hybridized carbons (Fsp3) is 0.333. The van der Waals surface area contributed by atoms with Crippen LogP contribution in [0.2, 0.25) is 0 Å². The molecule has 0 atom stereocenters. The highest BCUT2D eigenvalue weighted by Gasteiger charge is 2.16. The summed E-state index contributed by atoms with van der Waals surface area (Å²) in [7, 11) is 0. The van der Waals surface area contributed by atoms with Gasteiger partial charge in [0.1, 0.15) is 5.69 Å². The summed E-state index contributed by atoms with van der Waals surface area (Å²) in [5.41, 5.74) is 2.65. The van der Waals surface area contributed by atoms with E-state index in [-0.39, 0.29) is 11.7 Å². The van der Waals surface area contributed by atoms with Crippen LogP contribution in [0, 0.1) is 12.8 Å². The molecule has 1 aromatic carbocycles. The number of hydrogen-bond acceptors (Lipinski definition) is 2. The molecule has 1 heterocycles. The number of nitrogens with zero attached hydrogens (tertiary/aromatic N) is 1. The molecular formula is C12H14N2O. The number of ketones is 1. The van der Waals surface area contributed by atoms with Crippen LogP contribution in [0.5, 0.6) is 0 Å². The van der Waals surface area contributed by atoms with Gasteiger partial charge in [0.2, 0.25) is 0 Å². The van der Waals surface area contributed by atoms with Gasteiger partial charge in [-0.05, 0) is 18.6 Å². The van der Waals surface area contributed by atoms with Crippen molar-refractivity contribution >= 4 is 16.7 Å². The first-order valence-electron chi connectivity index (χ1n) is 5.08. The average molecular weight is 202 g/mol. The van der Waals surface area contributed by atoms with E-state index in [1.807, 2.05) is 39.0 Å². The van der Waals surface area contributed by atoms with Crippen LogP contribution in [0.15, 0.2) is 18.2 Å². The van der Waals surface area contributed by atoms with E-state index >= 15 is 0 Å². The number of benzene rings is 1. The zero-order valence-corrected chi connectivity index (χ0v) is 9.16. The maximum Gasteiger partial charge on any atom is 0.186 e. The van der Waals surface area contributed by atoms with Gasteiger partial charge in [0.05, 0.1) is 5.52 Å². The van der Waals surface area contributed by atoms with Crippen LogP contribution in [0.25, 0.3) is 10.9 Å². The van der Waals surface area contributed by atoms with Crippen molar-refractivity contribution in [2.75, 3.05) is 0 Å². The predicted octanol–water partition coefficient (Wildman–Crippen LogP) is 2.71. The lowest BCUT2D eigenvalue weighted by Gasteiger charge is -2.00. The monoisotopic (exact) mass is 202 g/mol. The Hall–Kier alpha value is -1.64. The van der Waals surface area contributed by atoms with Crippen LogP contribution >= 0.6 is 0 Å². The highest BCUT2D eigenvalue weighted by atomic mass is 16.1. The Balaban J connectivity index is 2.59. The number of fused-ring (bicyclic) bond motifs is 1. The van der Waals surface area contributed by atoms with Crippen molar-refractivity contribution in [2.45, 2.75) is 20.8 Å². The minimum Gasteiger partial charge on any atom is -0.292 e. The van der Waals surface area contributed by atoms with Gasteiger partial charge in [-0.25, -0.2) is 0 Å². The van der Waals surface area contributed by atoms with E-state index in [1.54, 1.807) is 0 Å². The first-order valence-corrected chi connectivity index (χ1v) is 5.08. The van der Waals surface area contributed by atoms with E-state index in [9.17, 15) is 4.79 Å². The van der Waals surface area contributed by atoms with Gasteiger partial charge in [0, 0.05) is 11.3 Å². The third kappa shape index (κ3) is 1.65. The van der Waals surface area contributed by atoms with Crippen LogP contribution in [-0.4, -0.2) is 16.0 Å². The van der Waals surface area contributed by atoms with E-state index < -0.39 is 0 Å². The Labute approximate surface area is 88.5 Å². The van der Waals surface area contributed by atoms with Crippen molar-refractivity contribution in [1.29, 1.82) is 0 Å². The SMILES string of the molecule is Cc1ccc2c(C(=O)C(C)C)n[nH]c2c1. The lowest BCUT2D eigenvalue weighted by atomic mass is 10.0. The molecule has 0 saturated heterocycles. The van der Waals surface area contributed by atoms with Crippen LogP contribution in [-0.2, 0) is 0 Å². The molecule has 0 fully saturated rings. The van der Waals surface area contributed by atoms with Crippen LogP contribution in [0.1, 0.15) is 29.9 Å². The minimum atomic E-state index is -0.0159. The zero-order chi connectivity index (χ0) is 11.0. The van der Waals surface area contributed by atoms with E-state index in [2.05, 4.69) is 10.2 Å². The molecule has 15 heavy (non-hydrogen) atoms. The number of aromatic nitrogens is 2. The largest absolute Gasteiger partial charge is 0.292 e. The van der Waals surface area contributed by atoms with E-state index in [4.69, 9.17) is 0 Å². The van der Waals surface area contributed by atoms with Crippen LogP contribution in [0.4, 0.5) is 0 Å². The number of H-pyrrole nitrogens is 1. The summed E-state index contributed by atoms with van der Waals surface area (Å²) in [6, 6.07) is 5.94. The number of nitrogens with one attached hydrogen (secondary N) is 1. The highest BCUT2D eigenvalue weighted by molar-refractivity contribution is 6.06. The topological polar surface area (TPSA) is 45.8 Å². The van der Waals surface area contributed by atoms with E-state index in [0.717, 1.165) is 16.5 Å². The summed E-state index contributed by atoms with van der Waals surface area (Å²) >= 11 is 0. The molecule has 0 saturated carbocycles. The average Bonchev–Trinajstić information content (AvgIpc) is 2.59. The Morgan fingerprint density at radius 2 is 2.13 bits per heavy atom. The Morgan fingerprint density at radius 1 is 1.40 bits per heavy atom. The number of hydrogen-bond donors (Lipinski definition) is 1. The van der Waals surface area contributed by atoms with Gasteiger partial charge in [-0.15, -0.1) is 0 Å². The maximum absolute atomic E-state index is 11.8.